The van der Waals surface area contributed by atoms with Gasteiger partial charge in [-0.15, -0.1) is 0 Å². The topological polar surface area (TPSA) is 93.1 Å². The fourth-order valence-corrected chi connectivity index (χ4v) is 2.78. The van der Waals surface area contributed by atoms with Gasteiger partial charge in [-0.2, -0.15) is 5.10 Å². The summed E-state index contributed by atoms with van der Waals surface area (Å²) in [4.78, 5) is 19.0. The minimum Gasteiger partial charge on any atom is -0.263 e. The van der Waals surface area contributed by atoms with E-state index in [0.717, 1.165) is 33.5 Å². The number of H-pyrrole nitrogens is 1. The number of aromatic amines is 1. The van der Waals surface area contributed by atoms with Crippen LogP contribution >= 0.6 is 46.4 Å². The summed E-state index contributed by atoms with van der Waals surface area (Å²) in [6.07, 6.45) is 4.99. The molecule has 0 unspecified atom stereocenters. The van der Waals surface area contributed by atoms with Crippen molar-refractivity contribution >= 4 is 46.4 Å². The maximum atomic E-state index is 5.65. The lowest BCUT2D eigenvalue weighted by Gasteiger charge is -1.92. The van der Waals surface area contributed by atoms with Crippen molar-refractivity contribution in [2.45, 2.75) is 34.6 Å². The molecule has 32 heavy (non-hydrogen) atoms. The van der Waals surface area contributed by atoms with Crippen LogP contribution in [0.2, 0.25) is 20.6 Å². The zero-order valence-corrected chi connectivity index (χ0v) is 21.3. The first kappa shape index (κ1) is 27.7. The highest BCUT2D eigenvalue weighted by Crippen LogP contribution is 2.13. The van der Waals surface area contributed by atoms with Gasteiger partial charge in [0.1, 0.15) is 22.0 Å². The molecule has 11 heteroatoms. The minimum absolute atomic E-state index is 0.310. The average molecular weight is 515 g/mol. The number of aromatic nitrogens is 7. The molecule has 7 nitrogen and oxygen atoms in total. The summed E-state index contributed by atoms with van der Waals surface area (Å²) in [6.45, 7) is 9.46. The van der Waals surface area contributed by atoms with Crippen LogP contribution in [0.5, 0.6) is 0 Å². The summed E-state index contributed by atoms with van der Waals surface area (Å²) in [7, 11) is 0. The van der Waals surface area contributed by atoms with Crippen LogP contribution in [-0.2, 0) is 0 Å². The van der Waals surface area contributed by atoms with Gasteiger partial charge in [0.15, 0.2) is 0 Å². The van der Waals surface area contributed by atoms with E-state index in [9.17, 15) is 0 Å². The van der Waals surface area contributed by atoms with E-state index in [1.54, 1.807) is 36.8 Å². The van der Waals surface area contributed by atoms with E-state index in [-0.39, 0.29) is 0 Å². The van der Waals surface area contributed by atoms with Crippen molar-refractivity contribution in [2.75, 3.05) is 0 Å². The highest BCUT2D eigenvalue weighted by atomic mass is 35.5. The lowest BCUT2D eigenvalue weighted by molar-refractivity contribution is 1.02. The molecule has 0 aromatic carbocycles. The Hall–Kier alpha value is -2.32. The van der Waals surface area contributed by atoms with E-state index in [4.69, 9.17) is 46.4 Å². The van der Waals surface area contributed by atoms with Crippen LogP contribution in [0.25, 0.3) is 0 Å². The lowest BCUT2D eigenvalue weighted by Crippen LogP contribution is -1.82. The fourth-order valence-electron chi connectivity index (χ4n) is 1.90. The highest BCUT2D eigenvalue weighted by Gasteiger charge is 1.92. The van der Waals surface area contributed by atoms with Crippen molar-refractivity contribution in [1.29, 1.82) is 0 Å². The molecule has 4 aromatic heterocycles. The number of rotatable bonds is 0. The van der Waals surface area contributed by atoms with Crippen molar-refractivity contribution < 1.29 is 0 Å². The van der Waals surface area contributed by atoms with E-state index in [0.29, 0.717) is 15.6 Å². The van der Waals surface area contributed by atoms with E-state index in [1.165, 1.54) is 0 Å². The summed E-state index contributed by atoms with van der Waals surface area (Å²) in [5.74, 6) is 1.68. The van der Waals surface area contributed by atoms with E-state index in [1.807, 2.05) is 40.7 Å². The normalized spacial score (nSPS) is 9.41. The molecule has 0 atom stereocenters. The van der Waals surface area contributed by atoms with Gasteiger partial charge in [-0.3, -0.25) is 10.1 Å². The Kier molecular flexibility index (Phi) is 12.7. The largest absolute Gasteiger partial charge is 0.263 e. The maximum absolute atomic E-state index is 5.65. The first-order valence-electron chi connectivity index (χ1n) is 9.23. The van der Waals surface area contributed by atoms with Crippen molar-refractivity contribution in [3.8, 4) is 0 Å². The number of hydrogen-bond donors (Lipinski definition) is 1. The van der Waals surface area contributed by atoms with Gasteiger partial charge in [-0.05, 0) is 81.6 Å². The molecule has 1 N–H and O–H groups in total. The molecule has 0 saturated heterocycles. The predicted molar refractivity (Wildman–Crippen MR) is 131 cm³/mol. The second-order valence-electron chi connectivity index (χ2n) is 6.35. The molecule has 0 aliphatic heterocycles. The summed E-state index contributed by atoms with van der Waals surface area (Å²) in [5.41, 5.74) is 2.99. The van der Waals surface area contributed by atoms with Crippen LogP contribution < -0.4 is 0 Å². The highest BCUT2D eigenvalue weighted by molar-refractivity contribution is 6.32. The number of nitrogens with one attached hydrogen (secondary N) is 1. The van der Waals surface area contributed by atoms with E-state index >= 15 is 0 Å². The number of pyridine rings is 2. The van der Waals surface area contributed by atoms with Crippen molar-refractivity contribution in [3.63, 3.8) is 0 Å². The maximum Gasteiger partial charge on any atom is 0.222 e. The van der Waals surface area contributed by atoms with Gasteiger partial charge in [0, 0.05) is 24.3 Å². The Morgan fingerprint density at radius 1 is 0.781 bits per heavy atom. The molecule has 0 fully saturated rings. The Morgan fingerprint density at radius 2 is 1.44 bits per heavy atom. The first-order chi connectivity index (χ1) is 15.1. The smallest absolute Gasteiger partial charge is 0.222 e. The van der Waals surface area contributed by atoms with Crippen molar-refractivity contribution in [3.05, 3.63) is 91.9 Å². The molecule has 4 rings (SSSR count). The van der Waals surface area contributed by atoms with Gasteiger partial charge in [-0.1, -0.05) is 34.8 Å². The molecule has 170 valence electrons. The summed E-state index contributed by atoms with van der Waals surface area (Å²) in [6, 6.07) is 7.19. The molecule has 0 radical (unpaired) electrons. The van der Waals surface area contributed by atoms with Crippen molar-refractivity contribution in [2.24, 2.45) is 0 Å². The SMILES string of the molecule is Cc1cc(Cl)nc(Cl)c1.Cc1ccnc(Cl)n1.Cc1ccncc1Cl.Cc1n[nH]c(C)n1. The minimum atomic E-state index is 0.310. The second-order valence-corrected chi connectivity index (χ2v) is 7.87. The average Bonchev–Trinajstić information content (AvgIpc) is 3.07. The van der Waals surface area contributed by atoms with Crippen LogP contribution in [0, 0.1) is 34.6 Å². The van der Waals surface area contributed by atoms with E-state index in [2.05, 4.69) is 35.1 Å². The zero-order valence-electron chi connectivity index (χ0n) is 18.2. The van der Waals surface area contributed by atoms with Gasteiger partial charge in [0.25, 0.3) is 0 Å². The number of halogens is 4. The fraction of sp³-hybridized carbons (Fsp3) is 0.238. The first-order valence-corrected chi connectivity index (χ1v) is 10.7. The predicted octanol–water partition coefficient (Wildman–Crippen LogP) is 6.60. The monoisotopic (exact) mass is 513 g/mol. The van der Waals surface area contributed by atoms with Crippen LogP contribution in [0.3, 0.4) is 0 Å². The summed E-state index contributed by atoms with van der Waals surface area (Å²) < 4.78 is 0. The number of aryl methyl sites for hydroxylation is 5. The van der Waals surface area contributed by atoms with Crippen molar-refractivity contribution in [1.82, 2.24) is 35.1 Å². The van der Waals surface area contributed by atoms with Gasteiger partial charge >= 0.3 is 0 Å². The second kappa shape index (κ2) is 14.7. The molecule has 0 amide bonds. The van der Waals surface area contributed by atoms with Gasteiger partial charge in [-0.25, -0.2) is 19.9 Å². The summed E-state index contributed by atoms with van der Waals surface area (Å²) in [5, 5.41) is 8.42. The molecule has 4 heterocycles. The van der Waals surface area contributed by atoms with Crippen LogP contribution in [-0.4, -0.2) is 35.1 Å². The number of nitrogens with zero attached hydrogens (tertiary/aromatic N) is 6. The lowest BCUT2D eigenvalue weighted by atomic mass is 10.3. The Balaban J connectivity index is 0.000000214. The Morgan fingerprint density at radius 3 is 1.75 bits per heavy atom. The quantitative estimate of drug-likeness (QED) is 0.210. The van der Waals surface area contributed by atoms with Gasteiger partial charge in [0.2, 0.25) is 5.28 Å². The molecular weight excluding hydrogens is 492 g/mol. The van der Waals surface area contributed by atoms with Crippen LogP contribution in [0.4, 0.5) is 0 Å². The molecule has 0 aliphatic carbocycles. The molecule has 4 aromatic rings. The molecule has 0 saturated carbocycles. The third-order valence-electron chi connectivity index (χ3n) is 3.36. The Labute approximate surface area is 207 Å². The summed E-state index contributed by atoms with van der Waals surface area (Å²) >= 11 is 22.2. The Bertz CT molecular complexity index is 998. The molecule has 0 spiro atoms. The zero-order chi connectivity index (χ0) is 24.1. The number of hydrogen-bond acceptors (Lipinski definition) is 6. The van der Waals surface area contributed by atoms with Gasteiger partial charge < -0.3 is 0 Å². The van der Waals surface area contributed by atoms with Crippen LogP contribution in [0.15, 0.2) is 42.9 Å². The van der Waals surface area contributed by atoms with E-state index < -0.39 is 0 Å². The van der Waals surface area contributed by atoms with Crippen LogP contribution in [0.1, 0.15) is 28.5 Å². The third-order valence-corrected chi connectivity index (χ3v) is 4.32. The van der Waals surface area contributed by atoms with Gasteiger partial charge in [0.05, 0.1) is 5.02 Å². The molecule has 0 aliphatic rings. The molecule has 0 bridgehead atoms. The third kappa shape index (κ3) is 12.5. The standard InChI is InChI=1S/C6H5Cl2N.C6H6ClN.C5H5ClN2.C4H7N3/c1-4-2-5(7)9-6(8)3-4;1-5-2-3-8-4-6(5)7;1-4-2-3-7-5(6)8-4;1-3-5-4(2)7-6-3/h2-3H,1H3;2-4H,1H3;2-3H,1H3;1-2H3,(H,5,6,7). The molecular formula is C21H23Cl4N7.